The van der Waals surface area contributed by atoms with Crippen LogP contribution in [0.4, 0.5) is 0 Å². The lowest BCUT2D eigenvalue weighted by Gasteiger charge is -2.05. The number of nitrogens with zero attached hydrogens (tertiary/aromatic N) is 1. The maximum absolute atomic E-state index is 11.5. The van der Waals surface area contributed by atoms with Crippen LogP contribution in [0.15, 0.2) is 12.1 Å². The molecule has 1 aromatic heterocycles. The van der Waals surface area contributed by atoms with Gasteiger partial charge in [-0.05, 0) is 26.0 Å². The van der Waals surface area contributed by atoms with Gasteiger partial charge in [0.25, 0.3) is 5.91 Å². The van der Waals surface area contributed by atoms with Crippen LogP contribution in [0.25, 0.3) is 0 Å². The summed E-state index contributed by atoms with van der Waals surface area (Å²) in [6.07, 6.45) is 0. The molecule has 0 spiro atoms. The number of pyridine rings is 1. The average Bonchev–Trinajstić information content (AvgIpc) is 2.14. The van der Waals surface area contributed by atoms with Crippen LogP contribution < -0.4 is 11.1 Å². The van der Waals surface area contributed by atoms with Crippen molar-refractivity contribution >= 4 is 11.8 Å². The van der Waals surface area contributed by atoms with Crippen LogP contribution in [-0.2, 0) is 4.79 Å². The second-order valence-electron chi connectivity index (χ2n) is 3.23. The molecule has 1 aromatic rings. The van der Waals surface area contributed by atoms with Gasteiger partial charge in [0.15, 0.2) is 0 Å². The molecule has 3 N–H and O–H groups in total. The highest BCUT2D eigenvalue weighted by Gasteiger charge is 2.09. The van der Waals surface area contributed by atoms with Crippen molar-refractivity contribution in [3.05, 3.63) is 29.1 Å². The Bertz CT molecular complexity index is 402. The molecule has 80 valence electrons. The summed E-state index contributed by atoms with van der Waals surface area (Å²) in [7, 11) is 0. The molecule has 5 nitrogen and oxygen atoms in total. The smallest absolute Gasteiger partial charge is 0.253 e. The third kappa shape index (κ3) is 3.05. The van der Waals surface area contributed by atoms with Gasteiger partial charge in [0.2, 0.25) is 5.91 Å². The Balaban J connectivity index is 2.78. The van der Waals surface area contributed by atoms with E-state index in [9.17, 15) is 9.59 Å². The molecule has 15 heavy (non-hydrogen) atoms. The zero-order valence-corrected chi connectivity index (χ0v) is 8.70. The second-order valence-corrected chi connectivity index (χ2v) is 3.23. The van der Waals surface area contributed by atoms with E-state index < -0.39 is 5.91 Å². The quantitative estimate of drug-likeness (QED) is 0.726. The average molecular weight is 207 g/mol. The van der Waals surface area contributed by atoms with Crippen molar-refractivity contribution < 1.29 is 9.59 Å². The van der Waals surface area contributed by atoms with Gasteiger partial charge < -0.3 is 11.1 Å². The molecule has 1 heterocycles. The monoisotopic (exact) mass is 207 g/mol. The third-order valence-electron chi connectivity index (χ3n) is 1.89. The van der Waals surface area contributed by atoms with Crippen LogP contribution in [0.1, 0.15) is 21.7 Å². The summed E-state index contributed by atoms with van der Waals surface area (Å²) in [5, 5.41) is 2.41. The van der Waals surface area contributed by atoms with E-state index in [1.165, 1.54) is 0 Å². The maximum atomic E-state index is 11.5. The highest BCUT2D eigenvalue weighted by molar-refractivity contribution is 5.97. The number of carbonyl (C=O) groups excluding carboxylic acids is 2. The number of aryl methyl sites for hydroxylation is 2. The fourth-order valence-corrected chi connectivity index (χ4v) is 1.19. The summed E-state index contributed by atoms with van der Waals surface area (Å²) in [6, 6.07) is 3.42. The fourth-order valence-electron chi connectivity index (χ4n) is 1.19. The Morgan fingerprint density at radius 2 is 2.07 bits per heavy atom. The molecular formula is C10H13N3O2. The van der Waals surface area contributed by atoms with Crippen LogP contribution in [-0.4, -0.2) is 23.3 Å². The molecule has 0 unspecified atom stereocenters. The molecule has 0 aromatic carbocycles. The lowest BCUT2D eigenvalue weighted by molar-refractivity contribution is -0.117. The number of nitrogens with one attached hydrogen (secondary N) is 1. The number of primary amides is 1. The van der Waals surface area contributed by atoms with Gasteiger partial charge in [0.1, 0.15) is 0 Å². The SMILES string of the molecule is Cc1ccc(C(=O)NCC(N)=O)c(C)n1. The molecule has 0 aliphatic heterocycles. The lowest BCUT2D eigenvalue weighted by Crippen LogP contribution is -2.33. The van der Waals surface area contributed by atoms with E-state index in [0.29, 0.717) is 11.3 Å². The summed E-state index contributed by atoms with van der Waals surface area (Å²) in [6.45, 7) is 3.43. The van der Waals surface area contributed by atoms with Crippen molar-refractivity contribution in [2.24, 2.45) is 5.73 Å². The van der Waals surface area contributed by atoms with Gasteiger partial charge in [0, 0.05) is 5.69 Å². The first-order valence-electron chi connectivity index (χ1n) is 4.51. The van der Waals surface area contributed by atoms with E-state index in [0.717, 1.165) is 5.69 Å². The van der Waals surface area contributed by atoms with Crippen molar-refractivity contribution in [2.75, 3.05) is 6.54 Å². The number of nitrogens with two attached hydrogens (primary N) is 1. The number of aromatic nitrogens is 1. The molecule has 0 atom stereocenters. The molecule has 0 saturated carbocycles. The Morgan fingerprint density at radius 3 is 2.60 bits per heavy atom. The van der Waals surface area contributed by atoms with Crippen molar-refractivity contribution in [1.82, 2.24) is 10.3 Å². The zero-order chi connectivity index (χ0) is 11.4. The topological polar surface area (TPSA) is 85.1 Å². The maximum Gasteiger partial charge on any atom is 0.253 e. The predicted octanol–water partition coefficient (Wildman–Crippen LogP) is -0.0865. The summed E-state index contributed by atoms with van der Waals surface area (Å²) >= 11 is 0. The Labute approximate surface area is 87.7 Å². The summed E-state index contributed by atoms with van der Waals surface area (Å²) in [4.78, 5) is 26.1. The fraction of sp³-hybridized carbons (Fsp3) is 0.300. The minimum atomic E-state index is -0.568. The summed E-state index contributed by atoms with van der Waals surface area (Å²) in [5.74, 6) is -0.903. The molecule has 5 heteroatoms. The van der Waals surface area contributed by atoms with E-state index in [1.807, 2.05) is 6.92 Å². The molecule has 0 radical (unpaired) electrons. The summed E-state index contributed by atoms with van der Waals surface area (Å²) in [5.41, 5.74) is 6.85. The highest BCUT2D eigenvalue weighted by atomic mass is 16.2. The van der Waals surface area contributed by atoms with Gasteiger partial charge in [-0.15, -0.1) is 0 Å². The molecular weight excluding hydrogens is 194 g/mol. The number of hydrogen-bond acceptors (Lipinski definition) is 3. The van der Waals surface area contributed by atoms with E-state index in [2.05, 4.69) is 10.3 Å². The van der Waals surface area contributed by atoms with Crippen LogP contribution in [0.3, 0.4) is 0 Å². The molecule has 0 bridgehead atoms. The third-order valence-corrected chi connectivity index (χ3v) is 1.89. The molecule has 0 saturated heterocycles. The van der Waals surface area contributed by atoms with Gasteiger partial charge >= 0.3 is 0 Å². The number of amides is 2. The van der Waals surface area contributed by atoms with Crippen LogP contribution in [0, 0.1) is 13.8 Å². The molecule has 0 fully saturated rings. The van der Waals surface area contributed by atoms with E-state index in [1.54, 1.807) is 19.1 Å². The molecule has 0 aliphatic rings. The van der Waals surface area contributed by atoms with E-state index in [4.69, 9.17) is 5.73 Å². The predicted molar refractivity (Wildman–Crippen MR) is 55.2 cm³/mol. The van der Waals surface area contributed by atoms with E-state index in [-0.39, 0.29) is 12.5 Å². The van der Waals surface area contributed by atoms with E-state index >= 15 is 0 Å². The zero-order valence-electron chi connectivity index (χ0n) is 8.70. The molecule has 0 aliphatic carbocycles. The second kappa shape index (κ2) is 4.54. The van der Waals surface area contributed by atoms with Crippen molar-refractivity contribution in [3.8, 4) is 0 Å². The van der Waals surface area contributed by atoms with Gasteiger partial charge in [-0.25, -0.2) is 0 Å². The standard InChI is InChI=1S/C10H13N3O2/c1-6-3-4-8(7(2)13-6)10(15)12-5-9(11)14/h3-4H,5H2,1-2H3,(H2,11,14)(H,12,15). The number of hydrogen-bond donors (Lipinski definition) is 2. The number of carbonyl (C=O) groups is 2. The minimum absolute atomic E-state index is 0.161. The van der Waals surface area contributed by atoms with Crippen molar-refractivity contribution in [1.29, 1.82) is 0 Å². The number of rotatable bonds is 3. The van der Waals surface area contributed by atoms with Crippen LogP contribution in [0.5, 0.6) is 0 Å². The first-order valence-corrected chi connectivity index (χ1v) is 4.51. The Kier molecular flexibility index (Phi) is 3.38. The van der Waals surface area contributed by atoms with Crippen molar-refractivity contribution in [2.45, 2.75) is 13.8 Å². The lowest BCUT2D eigenvalue weighted by atomic mass is 10.2. The van der Waals surface area contributed by atoms with Crippen molar-refractivity contribution in [3.63, 3.8) is 0 Å². The van der Waals surface area contributed by atoms with Gasteiger partial charge in [0.05, 0.1) is 17.8 Å². The van der Waals surface area contributed by atoms with Crippen LogP contribution in [0.2, 0.25) is 0 Å². The summed E-state index contributed by atoms with van der Waals surface area (Å²) < 4.78 is 0. The Hall–Kier alpha value is -1.91. The van der Waals surface area contributed by atoms with Gasteiger partial charge in [-0.3, -0.25) is 14.6 Å². The normalized spacial score (nSPS) is 9.73. The minimum Gasteiger partial charge on any atom is -0.368 e. The molecule has 1 rings (SSSR count). The molecule has 2 amide bonds. The largest absolute Gasteiger partial charge is 0.368 e. The first-order chi connectivity index (χ1) is 7.00. The first kappa shape index (κ1) is 11.2. The highest BCUT2D eigenvalue weighted by Crippen LogP contribution is 2.05. The Morgan fingerprint density at radius 1 is 1.40 bits per heavy atom. The van der Waals surface area contributed by atoms with Gasteiger partial charge in [-0.2, -0.15) is 0 Å². The van der Waals surface area contributed by atoms with Gasteiger partial charge in [-0.1, -0.05) is 0 Å². The van der Waals surface area contributed by atoms with Crippen LogP contribution >= 0.6 is 0 Å².